The van der Waals surface area contributed by atoms with Crippen LogP contribution < -0.4 is 0 Å². The fraction of sp³-hybridized carbons (Fsp3) is 0.364. The van der Waals surface area contributed by atoms with Crippen LogP contribution in [-0.2, 0) is 9.84 Å². The van der Waals surface area contributed by atoms with Crippen molar-refractivity contribution in [3.63, 3.8) is 0 Å². The highest BCUT2D eigenvalue weighted by Gasteiger charge is 2.33. The van der Waals surface area contributed by atoms with Gasteiger partial charge in [-0.05, 0) is 61.8 Å². The molecule has 1 aliphatic rings. The van der Waals surface area contributed by atoms with Crippen molar-refractivity contribution < 1.29 is 8.42 Å². The molecule has 0 aliphatic heterocycles. The van der Waals surface area contributed by atoms with Gasteiger partial charge >= 0.3 is 0 Å². The van der Waals surface area contributed by atoms with Crippen LogP contribution in [0.25, 0.3) is 26.9 Å². The van der Waals surface area contributed by atoms with Crippen molar-refractivity contribution in [1.29, 1.82) is 0 Å². The second-order valence-corrected chi connectivity index (χ2v) is 10.7. The van der Waals surface area contributed by atoms with Crippen LogP contribution in [0.1, 0.15) is 36.4 Å². The van der Waals surface area contributed by atoms with Crippen LogP contribution in [0.4, 0.5) is 5.69 Å². The first-order valence-corrected chi connectivity index (χ1v) is 11.9. The smallest absolute Gasteiger partial charge is 0.190 e. The molecule has 1 fully saturated rings. The SMILES string of the molecule is [C-]#[N+]c1cc2c(-c3cncc(C)c3Cl)cn([C@@H]3CC[C@H](S(C)(=O)=O)C3)c2cc1C. The Kier molecular flexibility index (Phi) is 4.92. The number of sulfone groups is 1. The zero-order chi connectivity index (χ0) is 20.9. The molecule has 0 bridgehead atoms. The summed E-state index contributed by atoms with van der Waals surface area (Å²) in [7, 11) is -3.06. The number of fused-ring (bicyclic) bond motifs is 1. The third-order valence-corrected chi connectivity index (χ3v) is 8.11. The molecule has 0 radical (unpaired) electrons. The quantitative estimate of drug-likeness (QED) is 0.506. The van der Waals surface area contributed by atoms with Gasteiger partial charge in [-0.2, -0.15) is 0 Å². The molecule has 1 saturated carbocycles. The first-order chi connectivity index (χ1) is 13.7. The summed E-state index contributed by atoms with van der Waals surface area (Å²) in [6, 6.07) is 4.03. The number of rotatable bonds is 3. The minimum atomic E-state index is -3.06. The fourth-order valence-electron chi connectivity index (χ4n) is 4.32. The van der Waals surface area contributed by atoms with E-state index in [1.165, 1.54) is 6.26 Å². The highest BCUT2D eigenvalue weighted by molar-refractivity contribution is 7.91. The lowest BCUT2D eigenvalue weighted by atomic mass is 10.0. The average molecular weight is 428 g/mol. The molecule has 0 saturated heterocycles. The molecule has 7 heteroatoms. The highest BCUT2D eigenvalue weighted by atomic mass is 35.5. The largest absolute Gasteiger partial charge is 0.344 e. The van der Waals surface area contributed by atoms with E-state index >= 15 is 0 Å². The van der Waals surface area contributed by atoms with Crippen molar-refractivity contribution in [2.24, 2.45) is 0 Å². The third kappa shape index (κ3) is 3.43. The topological polar surface area (TPSA) is 56.3 Å². The molecule has 150 valence electrons. The Morgan fingerprint density at radius 2 is 1.93 bits per heavy atom. The summed E-state index contributed by atoms with van der Waals surface area (Å²) < 4.78 is 26.3. The summed E-state index contributed by atoms with van der Waals surface area (Å²) in [5.41, 5.74) is 5.15. The molecule has 2 heterocycles. The van der Waals surface area contributed by atoms with Crippen molar-refractivity contribution in [2.75, 3.05) is 6.26 Å². The number of pyridine rings is 1. The standard InChI is InChI=1S/C22H22ClN3O2S/c1-13-7-21-17(9-20(13)24-3)19(18-11-25-10-14(2)22(18)23)12-26(21)15-5-6-16(8-15)29(4,27)28/h7,9-12,15-16H,5-6,8H2,1-2,4H3/t15-,16+/m1/s1. The molecule has 3 aromatic rings. The normalized spacial score (nSPS) is 19.6. The lowest BCUT2D eigenvalue weighted by molar-refractivity contribution is 0.531. The zero-order valence-electron chi connectivity index (χ0n) is 16.6. The Balaban J connectivity index is 1.94. The van der Waals surface area contributed by atoms with Crippen molar-refractivity contribution in [3.8, 4) is 11.1 Å². The van der Waals surface area contributed by atoms with Crippen LogP contribution >= 0.6 is 11.6 Å². The van der Waals surface area contributed by atoms with E-state index in [0.29, 0.717) is 23.6 Å². The van der Waals surface area contributed by atoms with E-state index < -0.39 is 9.84 Å². The van der Waals surface area contributed by atoms with Crippen LogP contribution in [0.5, 0.6) is 0 Å². The van der Waals surface area contributed by atoms with Gasteiger partial charge in [-0.1, -0.05) is 11.6 Å². The van der Waals surface area contributed by atoms with Crippen molar-refractivity contribution in [3.05, 3.63) is 58.3 Å². The van der Waals surface area contributed by atoms with Crippen molar-refractivity contribution in [1.82, 2.24) is 9.55 Å². The number of aromatic nitrogens is 2. The molecule has 2 atom stereocenters. The van der Waals surface area contributed by atoms with Crippen LogP contribution in [0.2, 0.25) is 5.02 Å². The molecule has 4 rings (SSSR count). The van der Waals surface area contributed by atoms with E-state index in [2.05, 4.69) is 20.6 Å². The maximum absolute atomic E-state index is 12.1. The van der Waals surface area contributed by atoms with Gasteiger partial charge in [0.15, 0.2) is 5.69 Å². The maximum atomic E-state index is 12.1. The summed E-state index contributed by atoms with van der Waals surface area (Å²) in [6.45, 7) is 11.3. The van der Waals surface area contributed by atoms with Crippen LogP contribution in [0, 0.1) is 20.4 Å². The molecule has 5 nitrogen and oxygen atoms in total. The molecule has 29 heavy (non-hydrogen) atoms. The van der Waals surface area contributed by atoms with E-state index in [-0.39, 0.29) is 11.3 Å². The third-order valence-electron chi connectivity index (χ3n) is 5.97. The van der Waals surface area contributed by atoms with Crippen molar-refractivity contribution in [2.45, 2.75) is 44.4 Å². The van der Waals surface area contributed by atoms with Gasteiger partial charge in [-0.15, -0.1) is 0 Å². The molecule has 0 spiro atoms. The summed E-state index contributed by atoms with van der Waals surface area (Å²) in [4.78, 5) is 7.96. The molecular formula is C22H22ClN3O2S. The Labute approximate surface area is 176 Å². The van der Waals surface area contributed by atoms with Crippen LogP contribution in [0.15, 0.2) is 30.7 Å². The Morgan fingerprint density at radius 3 is 2.59 bits per heavy atom. The first-order valence-electron chi connectivity index (χ1n) is 9.52. The predicted octanol–water partition coefficient (Wildman–Crippen LogP) is 5.66. The number of benzene rings is 1. The second kappa shape index (κ2) is 7.16. The van der Waals surface area contributed by atoms with Gasteiger partial charge in [0, 0.05) is 47.5 Å². The van der Waals surface area contributed by atoms with Gasteiger partial charge in [0.05, 0.1) is 16.8 Å². The summed E-state index contributed by atoms with van der Waals surface area (Å²) in [5, 5.41) is 1.28. The minimum Gasteiger partial charge on any atom is -0.344 e. The van der Waals surface area contributed by atoms with E-state index in [9.17, 15) is 8.42 Å². The summed E-state index contributed by atoms with van der Waals surface area (Å²) in [5.74, 6) is 0. The second-order valence-electron chi connectivity index (χ2n) is 7.95. The molecule has 1 aliphatic carbocycles. The molecule has 2 aromatic heterocycles. The zero-order valence-corrected chi connectivity index (χ0v) is 18.2. The maximum Gasteiger partial charge on any atom is 0.190 e. The Bertz CT molecular complexity index is 1270. The van der Waals surface area contributed by atoms with Crippen LogP contribution in [-0.4, -0.2) is 29.5 Å². The van der Waals surface area contributed by atoms with E-state index in [1.54, 1.807) is 12.4 Å². The lowest BCUT2D eigenvalue weighted by Gasteiger charge is -2.15. The number of aryl methyl sites for hydroxylation is 2. The van der Waals surface area contributed by atoms with Gasteiger partial charge in [-0.25, -0.2) is 13.3 Å². The highest BCUT2D eigenvalue weighted by Crippen LogP contribution is 2.43. The fourth-order valence-corrected chi connectivity index (χ4v) is 5.66. The van der Waals surface area contributed by atoms with E-state index in [0.717, 1.165) is 39.6 Å². The molecular weight excluding hydrogens is 406 g/mol. The summed E-state index contributed by atoms with van der Waals surface area (Å²) in [6.07, 6.45) is 8.94. The van der Waals surface area contributed by atoms with E-state index in [1.807, 2.05) is 26.0 Å². The Morgan fingerprint density at radius 1 is 1.17 bits per heavy atom. The summed E-state index contributed by atoms with van der Waals surface area (Å²) >= 11 is 6.60. The Hall–Kier alpha value is -2.36. The van der Waals surface area contributed by atoms with Crippen molar-refractivity contribution >= 4 is 38.0 Å². The number of hydrogen-bond donors (Lipinski definition) is 0. The van der Waals surface area contributed by atoms with Gasteiger partial charge in [0.2, 0.25) is 0 Å². The van der Waals surface area contributed by atoms with Gasteiger partial charge < -0.3 is 4.57 Å². The number of nitrogens with zero attached hydrogens (tertiary/aromatic N) is 3. The number of hydrogen-bond acceptors (Lipinski definition) is 3. The number of halogens is 1. The van der Waals surface area contributed by atoms with Gasteiger partial charge in [0.25, 0.3) is 0 Å². The first kappa shape index (κ1) is 19.9. The molecule has 1 aromatic carbocycles. The minimum absolute atomic E-state index is 0.0979. The van der Waals surface area contributed by atoms with Gasteiger partial charge in [0.1, 0.15) is 9.84 Å². The van der Waals surface area contributed by atoms with Gasteiger partial charge in [-0.3, -0.25) is 4.98 Å². The predicted molar refractivity (Wildman–Crippen MR) is 117 cm³/mol. The van der Waals surface area contributed by atoms with E-state index in [4.69, 9.17) is 18.2 Å². The molecule has 0 N–H and O–H groups in total. The molecule has 0 unspecified atom stereocenters. The average Bonchev–Trinajstić information content (AvgIpc) is 3.28. The molecule has 0 amide bonds. The lowest BCUT2D eigenvalue weighted by Crippen LogP contribution is -2.16. The van der Waals surface area contributed by atoms with Crippen LogP contribution in [0.3, 0.4) is 0 Å². The monoisotopic (exact) mass is 427 g/mol.